The van der Waals surface area contributed by atoms with E-state index < -0.39 is 10.0 Å². The summed E-state index contributed by atoms with van der Waals surface area (Å²) in [4.78, 5) is 0.168. The van der Waals surface area contributed by atoms with E-state index in [2.05, 4.69) is 26.0 Å². The van der Waals surface area contributed by atoms with E-state index in [0.29, 0.717) is 22.7 Å². The number of nitrogens with one attached hydrogen (secondary N) is 2. The van der Waals surface area contributed by atoms with E-state index in [-0.39, 0.29) is 17.3 Å². The van der Waals surface area contributed by atoms with Crippen molar-refractivity contribution < 1.29 is 13.2 Å². The second-order valence-electron chi connectivity index (χ2n) is 5.19. The molecule has 0 saturated carbocycles. The molecule has 2 rings (SSSR count). The molecule has 0 aliphatic carbocycles. The zero-order valence-corrected chi connectivity index (χ0v) is 15.7. The van der Waals surface area contributed by atoms with Crippen molar-refractivity contribution in [2.75, 3.05) is 26.7 Å². The van der Waals surface area contributed by atoms with Crippen LogP contribution < -0.4 is 14.8 Å². The summed E-state index contributed by atoms with van der Waals surface area (Å²) in [5, 5.41) is 3.34. The Balaban J connectivity index is 0.00000242. The van der Waals surface area contributed by atoms with E-state index in [1.54, 1.807) is 18.2 Å². The summed E-state index contributed by atoms with van der Waals surface area (Å²) in [6.07, 6.45) is 3.17. The smallest absolute Gasteiger partial charge is 0.244 e. The second-order valence-corrected chi connectivity index (χ2v) is 7.85. The van der Waals surface area contributed by atoms with Gasteiger partial charge in [-0.05, 0) is 56.5 Å². The van der Waals surface area contributed by atoms with Crippen LogP contribution >= 0.6 is 28.3 Å². The molecule has 0 amide bonds. The van der Waals surface area contributed by atoms with Crippen LogP contribution in [0.3, 0.4) is 0 Å². The van der Waals surface area contributed by atoms with Gasteiger partial charge < -0.3 is 10.1 Å². The number of halogens is 2. The van der Waals surface area contributed by atoms with Crippen LogP contribution in [0.25, 0.3) is 0 Å². The fraction of sp³-hybridized carbons (Fsp3) is 0.571. The van der Waals surface area contributed by atoms with E-state index in [1.807, 2.05) is 0 Å². The Morgan fingerprint density at radius 2 is 2.23 bits per heavy atom. The monoisotopic (exact) mass is 412 g/mol. The summed E-state index contributed by atoms with van der Waals surface area (Å²) in [5.41, 5.74) is 0. The number of benzene rings is 1. The van der Waals surface area contributed by atoms with Crippen LogP contribution in [0.2, 0.25) is 0 Å². The molecule has 1 unspecified atom stereocenters. The second kappa shape index (κ2) is 9.08. The molecular weight excluding hydrogens is 392 g/mol. The third-order valence-electron chi connectivity index (χ3n) is 3.66. The lowest BCUT2D eigenvalue weighted by Gasteiger charge is -2.22. The van der Waals surface area contributed by atoms with E-state index >= 15 is 0 Å². The quantitative estimate of drug-likeness (QED) is 0.752. The number of ether oxygens (including phenoxy) is 1. The predicted octanol–water partition coefficient (Wildman–Crippen LogP) is 2.55. The Kier molecular flexibility index (Phi) is 8.13. The third-order valence-corrected chi connectivity index (χ3v) is 5.63. The van der Waals surface area contributed by atoms with Crippen molar-refractivity contribution in [3.05, 3.63) is 22.7 Å². The highest BCUT2D eigenvalue weighted by Crippen LogP contribution is 2.27. The van der Waals surface area contributed by atoms with Crippen LogP contribution in [0, 0.1) is 5.92 Å². The number of hydrogen-bond acceptors (Lipinski definition) is 4. The van der Waals surface area contributed by atoms with E-state index in [1.165, 1.54) is 7.11 Å². The zero-order valence-electron chi connectivity index (χ0n) is 12.5. The van der Waals surface area contributed by atoms with Crippen molar-refractivity contribution in [2.24, 2.45) is 5.92 Å². The lowest BCUT2D eigenvalue weighted by Crippen LogP contribution is -2.33. The summed E-state index contributed by atoms with van der Waals surface area (Å²) in [7, 11) is -2.08. The fourth-order valence-electron chi connectivity index (χ4n) is 2.51. The van der Waals surface area contributed by atoms with Crippen LogP contribution in [-0.2, 0) is 10.0 Å². The normalized spacial score (nSPS) is 18.5. The molecule has 0 radical (unpaired) electrons. The van der Waals surface area contributed by atoms with Gasteiger partial charge in [-0.1, -0.05) is 15.9 Å². The molecule has 1 heterocycles. The first kappa shape index (κ1) is 19.7. The van der Waals surface area contributed by atoms with Crippen molar-refractivity contribution >= 4 is 38.4 Å². The van der Waals surface area contributed by atoms with Crippen molar-refractivity contribution in [1.82, 2.24) is 10.0 Å². The first-order chi connectivity index (χ1) is 10.0. The van der Waals surface area contributed by atoms with Gasteiger partial charge in [0.05, 0.1) is 7.11 Å². The van der Waals surface area contributed by atoms with Gasteiger partial charge in [0.2, 0.25) is 10.0 Å². The van der Waals surface area contributed by atoms with Gasteiger partial charge in [-0.3, -0.25) is 0 Å². The molecule has 1 aliphatic heterocycles. The molecular formula is C14H22BrClN2O3S. The molecule has 1 aromatic carbocycles. The lowest BCUT2D eigenvalue weighted by atomic mass is 9.96. The minimum atomic E-state index is -3.55. The molecule has 2 N–H and O–H groups in total. The highest BCUT2D eigenvalue weighted by Gasteiger charge is 2.20. The van der Waals surface area contributed by atoms with Crippen molar-refractivity contribution in [3.8, 4) is 5.75 Å². The molecule has 126 valence electrons. The van der Waals surface area contributed by atoms with Gasteiger partial charge in [-0.15, -0.1) is 12.4 Å². The molecule has 22 heavy (non-hydrogen) atoms. The number of hydrogen-bond donors (Lipinski definition) is 2. The van der Waals surface area contributed by atoms with Gasteiger partial charge in [-0.2, -0.15) is 0 Å². The van der Waals surface area contributed by atoms with Crippen LogP contribution in [0.4, 0.5) is 0 Å². The van der Waals surface area contributed by atoms with Crippen LogP contribution in [0.1, 0.15) is 19.3 Å². The van der Waals surface area contributed by atoms with Gasteiger partial charge in [0.15, 0.2) is 0 Å². The Bertz CT molecular complexity index is 577. The highest BCUT2D eigenvalue weighted by atomic mass is 79.9. The van der Waals surface area contributed by atoms with Crippen LogP contribution in [-0.4, -0.2) is 35.2 Å². The molecule has 5 nitrogen and oxygen atoms in total. The maximum Gasteiger partial charge on any atom is 0.244 e. The summed E-state index contributed by atoms with van der Waals surface area (Å²) in [6, 6.07) is 4.96. The van der Waals surface area contributed by atoms with Crippen molar-refractivity contribution in [2.45, 2.75) is 24.2 Å². The maximum atomic E-state index is 12.4. The third kappa shape index (κ3) is 5.38. The average Bonchev–Trinajstić information content (AvgIpc) is 2.48. The van der Waals surface area contributed by atoms with Crippen molar-refractivity contribution in [3.63, 3.8) is 0 Å². The van der Waals surface area contributed by atoms with E-state index in [9.17, 15) is 8.42 Å². The predicted molar refractivity (Wildman–Crippen MR) is 93.3 cm³/mol. The van der Waals surface area contributed by atoms with Crippen LogP contribution in [0.5, 0.6) is 5.75 Å². The molecule has 1 fully saturated rings. The average molecular weight is 414 g/mol. The zero-order chi connectivity index (χ0) is 15.3. The largest absolute Gasteiger partial charge is 0.495 e. The molecule has 1 atom stereocenters. The fourth-order valence-corrected chi connectivity index (χ4v) is 4.26. The molecule has 1 saturated heterocycles. The molecule has 0 bridgehead atoms. The summed E-state index contributed by atoms with van der Waals surface area (Å²) in [5.74, 6) is 0.899. The topological polar surface area (TPSA) is 67.4 Å². The Morgan fingerprint density at radius 3 is 2.86 bits per heavy atom. The number of piperidine rings is 1. The van der Waals surface area contributed by atoms with E-state index in [0.717, 1.165) is 32.4 Å². The van der Waals surface area contributed by atoms with Crippen LogP contribution in [0.15, 0.2) is 27.6 Å². The minimum absolute atomic E-state index is 0. The number of methoxy groups -OCH3 is 1. The first-order valence-corrected chi connectivity index (χ1v) is 9.34. The van der Waals surface area contributed by atoms with Gasteiger partial charge in [0, 0.05) is 11.0 Å². The molecule has 1 aliphatic rings. The Morgan fingerprint density at radius 1 is 1.45 bits per heavy atom. The molecule has 0 aromatic heterocycles. The number of rotatable bonds is 6. The van der Waals surface area contributed by atoms with Gasteiger partial charge in [-0.25, -0.2) is 13.1 Å². The highest BCUT2D eigenvalue weighted by molar-refractivity contribution is 9.10. The summed E-state index contributed by atoms with van der Waals surface area (Å²) in [6.45, 7) is 2.49. The van der Waals surface area contributed by atoms with E-state index in [4.69, 9.17) is 4.74 Å². The molecule has 0 spiro atoms. The Hall–Kier alpha value is -0.340. The van der Waals surface area contributed by atoms with Gasteiger partial charge >= 0.3 is 0 Å². The number of sulfonamides is 1. The van der Waals surface area contributed by atoms with Gasteiger partial charge in [0.1, 0.15) is 10.6 Å². The molecule has 1 aromatic rings. The Labute approximate surface area is 146 Å². The first-order valence-electron chi connectivity index (χ1n) is 7.07. The van der Waals surface area contributed by atoms with Crippen molar-refractivity contribution in [1.29, 1.82) is 0 Å². The maximum absolute atomic E-state index is 12.4. The lowest BCUT2D eigenvalue weighted by molar-refractivity contribution is 0.358. The summed E-state index contributed by atoms with van der Waals surface area (Å²) < 4.78 is 33.3. The molecule has 8 heteroatoms. The van der Waals surface area contributed by atoms with Gasteiger partial charge in [0.25, 0.3) is 0 Å². The summed E-state index contributed by atoms with van der Waals surface area (Å²) >= 11 is 3.29. The minimum Gasteiger partial charge on any atom is -0.495 e. The SMILES string of the molecule is COc1ccc(Br)cc1S(=O)(=O)NCCC1CCCNC1.Cl. The standard InChI is InChI=1S/C14H21BrN2O3S.ClH/c1-20-13-5-4-12(15)9-14(13)21(18,19)17-8-6-11-3-2-7-16-10-11;/h4-5,9,11,16-17H,2-3,6-8,10H2,1H3;1H.